The number of hydrogen-bond donors (Lipinski definition) is 0. The lowest BCUT2D eigenvalue weighted by atomic mass is 9.83. The van der Waals surface area contributed by atoms with Crippen molar-refractivity contribution in [2.24, 2.45) is 0 Å². The van der Waals surface area contributed by atoms with Gasteiger partial charge in [-0.3, -0.25) is 4.79 Å². The maximum atomic E-state index is 13.3. The SMILES string of the molecule is COc1ccccc1-c1c(C(C)C)nn2c3c(nnc12)C(=O)C[C@@H](c1cc(OC)c(OC)c(OC)c1)C3. The van der Waals surface area contributed by atoms with Crippen molar-refractivity contribution in [1.82, 2.24) is 19.8 Å². The summed E-state index contributed by atoms with van der Waals surface area (Å²) in [5, 5.41) is 13.9. The standard InChI is InChI=1S/C28H30N4O5/c1-15(2)25-24(18-9-7-8-10-21(18)34-3)28-30-29-26-19(32(28)31-25)11-16(12-20(26)33)17-13-22(35-4)27(37-6)23(14-17)36-5/h7-10,13-16H,11-12H2,1-6H3/t16-/m0/s1. The number of fused-ring (bicyclic) bond motifs is 3. The third-order valence-corrected chi connectivity index (χ3v) is 6.88. The Morgan fingerprint density at radius 3 is 2.19 bits per heavy atom. The second-order valence-corrected chi connectivity index (χ2v) is 9.33. The number of ketones is 1. The maximum absolute atomic E-state index is 13.3. The molecular weight excluding hydrogens is 472 g/mol. The van der Waals surface area contributed by atoms with E-state index in [-0.39, 0.29) is 17.6 Å². The van der Waals surface area contributed by atoms with Crippen molar-refractivity contribution in [1.29, 1.82) is 0 Å². The third-order valence-electron chi connectivity index (χ3n) is 6.88. The van der Waals surface area contributed by atoms with Crippen LogP contribution >= 0.6 is 0 Å². The molecule has 37 heavy (non-hydrogen) atoms. The molecule has 0 N–H and O–H groups in total. The second-order valence-electron chi connectivity index (χ2n) is 9.33. The molecule has 0 unspecified atom stereocenters. The highest BCUT2D eigenvalue weighted by Crippen LogP contribution is 2.43. The highest BCUT2D eigenvalue weighted by atomic mass is 16.5. The summed E-state index contributed by atoms with van der Waals surface area (Å²) in [5.74, 6) is 2.25. The first-order chi connectivity index (χ1) is 17.9. The van der Waals surface area contributed by atoms with E-state index in [4.69, 9.17) is 24.0 Å². The summed E-state index contributed by atoms with van der Waals surface area (Å²) in [6.07, 6.45) is 0.847. The third kappa shape index (κ3) is 4.04. The number of Topliss-reactive ketones (excluding diaryl/α,β-unsaturated/α-hetero) is 1. The summed E-state index contributed by atoms with van der Waals surface area (Å²) < 4.78 is 24.0. The predicted molar refractivity (Wildman–Crippen MR) is 138 cm³/mol. The van der Waals surface area contributed by atoms with E-state index >= 15 is 0 Å². The molecule has 1 atom stereocenters. The Labute approximate surface area is 215 Å². The number of aromatic nitrogens is 4. The molecule has 2 aromatic heterocycles. The number of para-hydroxylation sites is 1. The maximum Gasteiger partial charge on any atom is 0.203 e. The molecule has 1 aliphatic rings. The van der Waals surface area contributed by atoms with E-state index in [9.17, 15) is 4.79 Å². The molecule has 5 rings (SSSR count). The van der Waals surface area contributed by atoms with Crippen molar-refractivity contribution in [3.8, 4) is 34.1 Å². The van der Waals surface area contributed by atoms with Crippen LogP contribution in [0.15, 0.2) is 36.4 Å². The molecule has 0 bridgehead atoms. The number of carbonyl (C=O) groups is 1. The zero-order valence-electron chi connectivity index (χ0n) is 21.9. The van der Waals surface area contributed by atoms with E-state index in [0.717, 1.165) is 33.8 Å². The number of carbonyl (C=O) groups excluding carboxylic acids is 1. The summed E-state index contributed by atoms with van der Waals surface area (Å²) in [6.45, 7) is 4.18. The number of benzene rings is 2. The normalized spacial score (nSPS) is 15.1. The number of rotatable bonds is 7. The van der Waals surface area contributed by atoms with Gasteiger partial charge in [0.1, 0.15) is 5.75 Å². The predicted octanol–water partition coefficient (Wildman–Crippen LogP) is 4.86. The lowest BCUT2D eigenvalue weighted by molar-refractivity contribution is 0.0955. The van der Waals surface area contributed by atoms with Crippen LogP contribution in [0, 0.1) is 0 Å². The van der Waals surface area contributed by atoms with Gasteiger partial charge in [-0.15, -0.1) is 10.2 Å². The van der Waals surface area contributed by atoms with Crippen molar-refractivity contribution < 1.29 is 23.7 Å². The zero-order valence-corrected chi connectivity index (χ0v) is 21.9. The van der Waals surface area contributed by atoms with Crippen LogP contribution in [0.5, 0.6) is 23.0 Å². The van der Waals surface area contributed by atoms with Gasteiger partial charge < -0.3 is 18.9 Å². The Hall–Kier alpha value is -4.14. The van der Waals surface area contributed by atoms with Gasteiger partial charge >= 0.3 is 0 Å². The Morgan fingerprint density at radius 1 is 0.892 bits per heavy atom. The van der Waals surface area contributed by atoms with E-state index in [0.29, 0.717) is 41.4 Å². The molecule has 1 aliphatic carbocycles. The summed E-state index contributed by atoms with van der Waals surface area (Å²) in [4.78, 5) is 13.3. The van der Waals surface area contributed by atoms with Crippen molar-refractivity contribution in [2.45, 2.75) is 38.5 Å². The molecular formula is C28H30N4O5. The lowest BCUT2D eigenvalue weighted by Crippen LogP contribution is -2.24. The Morgan fingerprint density at radius 2 is 1.57 bits per heavy atom. The van der Waals surface area contributed by atoms with Crippen LogP contribution in [0.4, 0.5) is 0 Å². The largest absolute Gasteiger partial charge is 0.496 e. The van der Waals surface area contributed by atoms with Crippen LogP contribution in [0.25, 0.3) is 16.8 Å². The first-order valence-electron chi connectivity index (χ1n) is 12.2. The van der Waals surface area contributed by atoms with Gasteiger partial charge in [0.15, 0.2) is 28.6 Å². The van der Waals surface area contributed by atoms with Gasteiger partial charge in [0.25, 0.3) is 0 Å². The van der Waals surface area contributed by atoms with Gasteiger partial charge in [0.05, 0.1) is 45.4 Å². The average molecular weight is 503 g/mol. The minimum atomic E-state index is -0.123. The molecule has 0 spiro atoms. The number of ether oxygens (including phenoxy) is 4. The van der Waals surface area contributed by atoms with E-state index in [2.05, 4.69) is 24.0 Å². The molecule has 0 saturated heterocycles. The van der Waals surface area contributed by atoms with Crippen molar-refractivity contribution in [3.05, 3.63) is 59.0 Å². The smallest absolute Gasteiger partial charge is 0.203 e. The average Bonchev–Trinajstić information content (AvgIpc) is 3.32. The Balaban J connectivity index is 1.68. The van der Waals surface area contributed by atoms with Gasteiger partial charge in [0.2, 0.25) is 5.75 Å². The van der Waals surface area contributed by atoms with Crippen LogP contribution in [0.1, 0.15) is 59.5 Å². The molecule has 192 valence electrons. The minimum Gasteiger partial charge on any atom is -0.496 e. The highest BCUT2D eigenvalue weighted by Gasteiger charge is 2.33. The fraction of sp³-hybridized carbons (Fsp3) is 0.357. The van der Waals surface area contributed by atoms with E-state index < -0.39 is 0 Å². The van der Waals surface area contributed by atoms with Crippen molar-refractivity contribution >= 4 is 11.4 Å². The highest BCUT2D eigenvalue weighted by molar-refractivity contribution is 5.97. The quantitative estimate of drug-likeness (QED) is 0.353. The zero-order chi connectivity index (χ0) is 26.3. The van der Waals surface area contributed by atoms with Gasteiger partial charge in [0, 0.05) is 12.0 Å². The first kappa shape index (κ1) is 24.5. The van der Waals surface area contributed by atoms with Crippen LogP contribution < -0.4 is 18.9 Å². The van der Waals surface area contributed by atoms with Gasteiger partial charge in [-0.25, -0.2) is 4.52 Å². The van der Waals surface area contributed by atoms with E-state index in [1.54, 1.807) is 33.0 Å². The topological polar surface area (TPSA) is 97.1 Å². The van der Waals surface area contributed by atoms with Crippen LogP contribution in [0.2, 0.25) is 0 Å². The van der Waals surface area contributed by atoms with E-state index in [1.807, 2.05) is 36.4 Å². The van der Waals surface area contributed by atoms with Crippen LogP contribution in [0.3, 0.4) is 0 Å². The van der Waals surface area contributed by atoms with Gasteiger partial charge in [-0.05, 0) is 42.0 Å². The van der Waals surface area contributed by atoms with E-state index in [1.165, 1.54) is 0 Å². The minimum absolute atomic E-state index is 0.0742. The summed E-state index contributed by atoms with van der Waals surface area (Å²) in [6, 6.07) is 11.6. The number of methoxy groups -OCH3 is 4. The van der Waals surface area contributed by atoms with Crippen molar-refractivity contribution in [3.63, 3.8) is 0 Å². The molecule has 2 heterocycles. The fourth-order valence-electron chi connectivity index (χ4n) is 5.07. The van der Waals surface area contributed by atoms with Gasteiger partial charge in [-0.1, -0.05) is 32.0 Å². The Kier molecular flexibility index (Phi) is 6.45. The van der Waals surface area contributed by atoms with Gasteiger partial charge in [-0.2, -0.15) is 5.10 Å². The molecule has 9 heteroatoms. The molecule has 0 aliphatic heterocycles. The lowest BCUT2D eigenvalue weighted by Gasteiger charge is -2.24. The molecule has 2 aromatic carbocycles. The molecule has 0 amide bonds. The van der Waals surface area contributed by atoms with Crippen LogP contribution in [-0.4, -0.2) is 54.0 Å². The summed E-state index contributed by atoms with van der Waals surface area (Å²) >= 11 is 0. The summed E-state index contributed by atoms with van der Waals surface area (Å²) in [5.41, 5.74) is 5.24. The summed E-state index contributed by atoms with van der Waals surface area (Å²) in [7, 11) is 6.38. The van der Waals surface area contributed by atoms with Crippen LogP contribution in [-0.2, 0) is 6.42 Å². The number of nitrogens with zero attached hydrogens (tertiary/aromatic N) is 4. The fourth-order valence-corrected chi connectivity index (χ4v) is 5.07. The molecule has 0 radical (unpaired) electrons. The monoisotopic (exact) mass is 502 g/mol. The molecule has 0 fully saturated rings. The molecule has 9 nitrogen and oxygen atoms in total. The first-order valence-corrected chi connectivity index (χ1v) is 12.2. The number of hydrogen-bond acceptors (Lipinski definition) is 8. The molecule has 0 saturated carbocycles. The Bertz CT molecular complexity index is 1470. The van der Waals surface area contributed by atoms with Crippen molar-refractivity contribution in [2.75, 3.05) is 28.4 Å². The molecule has 4 aromatic rings. The second kappa shape index (κ2) is 9.72.